The second kappa shape index (κ2) is 44.6. The molecule has 3 amide bonds. The number of esters is 3. The van der Waals surface area contributed by atoms with Crippen LogP contribution in [0.4, 0.5) is 17.1 Å². The Morgan fingerprint density at radius 3 is 0.750 bits per heavy atom. The molecule has 4 rings (SSSR count). The molecule has 0 aliphatic carbocycles. The predicted molar refractivity (Wildman–Crippen MR) is 233 cm³/mol. The number of anilines is 3. The molecule has 24 heteroatoms. The van der Waals surface area contributed by atoms with Crippen molar-refractivity contribution < 1.29 is 185 Å². The Balaban J connectivity index is -0.000000263. The minimum absolute atomic E-state index is 0. The van der Waals surface area contributed by atoms with Crippen LogP contribution in [0, 0.1) is 76.7 Å². The second-order valence-corrected chi connectivity index (χ2v) is 10.6. The van der Waals surface area contributed by atoms with Crippen molar-refractivity contribution in [1.82, 2.24) is 0 Å². The molecule has 0 aliphatic rings. The Morgan fingerprint density at radius 2 is 0.588 bits per heavy atom. The number of benzene rings is 4. The summed E-state index contributed by atoms with van der Waals surface area (Å²) in [7, 11) is 8.32. The smallest absolute Gasteiger partial charge is 0.161 e. The average molecular weight is 1170 g/mol. The third kappa shape index (κ3) is 49.2. The van der Waals surface area contributed by atoms with Crippen LogP contribution < -0.4 is 30.2 Å². The topological polar surface area (TPSA) is 306 Å². The average Bonchev–Trinajstić information content (AvgIpc) is 3.20. The van der Waals surface area contributed by atoms with E-state index < -0.39 is 47.6 Å². The number of carbonyl (C=O) groups is 8. The number of rotatable bonds is 10. The summed E-state index contributed by atoms with van der Waals surface area (Å²) in [6.45, 7) is 22.8. The summed E-state index contributed by atoms with van der Waals surface area (Å²) < 4.78 is 29.3. The molecule has 68 heavy (non-hydrogen) atoms. The van der Waals surface area contributed by atoms with Gasteiger partial charge in [0.15, 0.2) is 17.9 Å². The molecule has 0 atom stereocenters. The molecule has 3 radical (unpaired) electrons. The van der Waals surface area contributed by atoms with Crippen LogP contribution in [0.5, 0.6) is 34.5 Å². The fourth-order valence-electron chi connectivity index (χ4n) is 3.33. The van der Waals surface area contributed by atoms with Crippen LogP contribution in [0.25, 0.3) is 0 Å². The van der Waals surface area contributed by atoms with E-state index >= 15 is 0 Å². The van der Waals surface area contributed by atoms with Crippen molar-refractivity contribution >= 4 is 71.1 Å². The summed E-state index contributed by atoms with van der Waals surface area (Å²) in [5.74, 6) is -3.05. The molecule has 0 unspecified atom stereocenters. The SMILES string of the molecule is [CH2-]C(=O)Nc1ccc(Oc2cc(Oc3ccc(N[C-]=O)cc3)cc(Oc3ccc(NC([CH2-])=O)cc3)c2)cc1.[CH2-]C(=O)O.[CH2-]C(=O)O.[CH2-]C(=O)O.[CH2-]OC([CH2-])=O.[CH2-]OC([CH2-])=O.[CH2-]OC([CH2-])=O.[Y].[Y].[Y]. The first-order valence-electron chi connectivity index (χ1n) is 16.7. The van der Waals surface area contributed by atoms with Gasteiger partial charge in [-0.15, -0.1) is 17.8 Å². The van der Waals surface area contributed by atoms with Crippen molar-refractivity contribution in [2.24, 2.45) is 0 Å². The number of ether oxygens (including phenoxy) is 6. The Morgan fingerprint density at radius 1 is 0.397 bits per heavy atom. The van der Waals surface area contributed by atoms with E-state index in [0.29, 0.717) is 51.6 Å². The van der Waals surface area contributed by atoms with Crippen LogP contribution in [0.15, 0.2) is 91.0 Å². The number of nitrogens with one attached hydrogen (secondary N) is 3. The normalized spacial score (nSPS) is 8.16. The van der Waals surface area contributed by atoms with Gasteiger partial charge in [0, 0.05) is 128 Å². The van der Waals surface area contributed by atoms with Gasteiger partial charge in [0.25, 0.3) is 0 Å². The van der Waals surface area contributed by atoms with Crippen molar-refractivity contribution in [1.29, 1.82) is 0 Å². The molecule has 0 heterocycles. The third-order valence-electron chi connectivity index (χ3n) is 5.37. The van der Waals surface area contributed by atoms with E-state index in [1.807, 2.05) is 0 Å². The van der Waals surface area contributed by atoms with Crippen molar-refractivity contribution in [2.75, 3.05) is 16.0 Å². The van der Waals surface area contributed by atoms with Crippen LogP contribution in [0.1, 0.15) is 0 Å². The number of carbonyl (C=O) groups excluding carboxylic acids is 6. The number of hydrogen-bond acceptors (Lipinski definition) is 15. The molecule has 0 saturated carbocycles. The summed E-state index contributed by atoms with van der Waals surface area (Å²) in [6.07, 6.45) is 1.62. The van der Waals surface area contributed by atoms with Crippen LogP contribution in [0.3, 0.4) is 0 Å². The van der Waals surface area contributed by atoms with Gasteiger partial charge in [-0.05, 0) is 60.7 Å². The molecule has 6 N–H and O–H groups in total. The van der Waals surface area contributed by atoms with E-state index in [9.17, 15) is 28.8 Å². The summed E-state index contributed by atoms with van der Waals surface area (Å²) >= 11 is 0. The van der Waals surface area contributed by atoms with Crippen LogP contribution in [-0.2, 0) is 155 Å². The molecule has 0 fully saturated rings. The molecule has 0 aromatic heterocycles. The molecule has 4 aromatic carbocycles. The van der Waals surface area contributed by atoms with Gasteiger partial charge in [-0.25, -0.2) is 0 Å². The first-order valence-corrected chi connectivity index (χ1v) is 16.7. The van der Waals surface area contributed by atoms with E-state index in [1.165, 1.54) is 0 Å². The van der Waals surface area contributed by atoms with Crippen molar-refractivity contribution in [2.45, 2.75) is 0 Å². The van der Waals surface area contributed by atoms with Gasteiger partial charge >= 0.3 is 0 Å². The van der Waals surface area contributed by atoms with Gasteiger partial charge in [-0.1, -0.05) is 0 Å². The first-order chi connectivity index (χ1) is 30.4. The molecule has 0 spiro atoms. The fourth-order valence-corrected chi connectivity index (χ4v) is 3.33. The van der Waals surface area contributed by atoms with Crippen LogP contribution in [-0.4, -0.2) is 69.4 Å². The Kier molecular flexibility index (Phi) is 48.1. The zero-order valence-corrected chi connectivity index (χ0v) is 44.7. The maximum absolute atomic E-state index is 11.2. The minimum Gasteiger partial charge on any atom is -0.662 e. The summed E-state index contributed by atoms with van der Waals surface area (Å²) in [4.78, 5) is 87.8. The van der Waals surface area contributed by atoms with Crippen molar-refractivity contribution in [3.63, 3.8) is 0 Å². The van der Waals surface area contributed by atoms with Crippen LogP contribution >= 0.6 is 0 Å². The zero-order valence-electron chi connectivity index (χ0n) is 36.1. The molecule has 21 nitrogen and oxygen atoms in total. The Hall–Kier alpha value is -6.22. The maximum Gasteiger partial charge on any atom is 0.161 e. The summed E-state index contributed by atoms with van der Waals surface area (Å²) in [6, 6.07) is 25.4. The fraction of sp³-hybridized carbons (Fsp3) is 0. The van der Waals surface area contributed by atoms with Crippen molar-refractivity contribution in [3.05, 3.63) is 168 Å². The number of amides is 3. The van der Waals surface area contributed by atoms with Gasteiger partial charge in [0.2, 0.25) is 0 Å². The summed E-state index contributed by atoms with van der Waals surface area (Å²) in [5, 5.41) is 29.6. The zero-order chi connectivity index (χ0) is 50.5. The van der Waals surface area contributed by atoms with Gasteiger partial charge in [-0.2, -0.15) is 21.3 Å². The standard InChI is InChI=1S/C29H22N3O6.3C3H4O2.3C2H3O2.3Y/c1-19(34)31-22-5-11-25(12-6-22)37-28-15-27(36-24-9-3-21(4-10-24)30-18-33)16-29(17-28)38-26-13-7-23(8-14-26)32-20(2)35;3*1-3(4)5-2;3*1-2(3)4;;;/h3-17H,1-2H2,(H,30,33)(H,31,34)(H,32,35);3*1-2H2;3*1H2,(H,3,4);;;/q-3;3*-2;3*-1;;;. The van der Waals surface area contributed by atoms with Gasteiger partial charge < -0.3 is 109 Å². The van der Waals surface area contributed by atoms with Gasteiger partial charge in [-0.3, -0.25) is 49.5 Å². The minimum atomic E-state index is -1.08. The molecule has 0 aliphatic heterocycles. The number of carboxylic acid groups (broad SMARTS) is 3. The Bertz CT molecular complexity index is 1950. The molecular weight excluding hydrogens is 1130 g/mol. The number of hydrogen-bond donors (Lipinski definition) is 6. The predicted octanol–water partition coefficient (Wildman–Crippen LogP) is 6.26. The number of aliphatic carboxylic acids is 3. The summed E-state index contributed by atoms with van der Waals surface area (Å²) in [5.41, 5.74) is 1.74. The quantitative estimate of drug-likeness (QED) is 0.0442. The van der Waals surface area contributed by atoms with E-state index in [0.717, 1.165) is 0 Å². The molecule has 0 saturated heterocycles. The van der Waals surface area contributed by atoms with Gasteiger partial charge in [0.05, 0.1) is 18.2 Å². The number of carboxylic acids is 3. The molecule has 4 aromatic rings. The molecular formula is C44H43N3O18Y3-12. The van der Waals surface area contributed by atoms with E-state index in [4.69, 9.17) is 43.9 Å². The van der Waals surface area contributed by atoms with E-state index in [2.05, 4.69) is 107 Å². The third-order valence-corrected chi connectivity index (χ3v) is 5.37. The van der Waals surface area contributed by atoms with Crippen LogP contribution in [0.2, 0.25) is 0 Å². The molecule has 363 valence electrons. The van der Waals surface area contributed by atoms with Gasteiger partial charge in [0.1, 0.15) is 52.4 Å². The monoisotopic (exact) mass is 1170 g/mol. The molecule has 0 bridgehead atoms. The Labute approximate surface area is 469 Å². The van der Waals surface area contributed by atoms with E-state index in [-0.39, 0.29) is 98.1 Å². The van der Waals surface area contributed by atoms with E-state index in [1.54, 1.807) is 97.4 Å². The first kappa shape index (κ1) is 73.4. The maximum atomic E-state index is 11.2. The second-order valence-electron chi connectivity index (χ2n) is 10.6. The largest absolute Gasteiger partial charge is 0.662 e. The van der Waals surface area contributed by atoms with Crippen molar-refractivity contribution in [3.8, 4) is 34.5 Å².